The van der Waals surface area contributed by atoms with Crippen LogP contribution in [0.5, 0.6) is 0 Å². The van der Waals surface area contributed by atoms with E-state index in [1.807, 2.05) is 23.1 Å². The third-order valence-electron chi connectivity index (χ3n) is 5.67. The van der Waals surface area contributed by atoms with E-state index in [1.165, 1.54) is 6.07 Å². The molecule has 0 bridgehead atoms. The van der Waals surface area contributed by atoms with Gasteiger partial charge in [0.2, 0.25) is 0 Å². The Hall–Kier alpha value is -4.18. The molecule has 32 heavy (non-hydrogen) atoms. The predicted molar refractivity (Wildman–Crippen MR) is 123 cm³/mol. The van der Waals surface area contributed by atoms with Crippen LogP contribution in [-0.4, -0.2) is 36.9 Å². The monoisotopic (exact) mass is 426 g/mol. The van der Waals surface area contributed by atoms with E-state index in [9.17, 15) is 14.9 Å². The topological polar surface area (TPSA) is 90.5 Å². The summed E-state index contributed by atoms with van der Waals surface area (Å²) in [7, 11) is 0. The second kappa shape index (κ2) is 9.31. The first kappa shape index (κ1) is 21.1. The van der Waals surface area contributed by atoms with Crippen LogP contribution in [0, 0.1) is 21.4 Å². The van der Waals surface area contributed by atoms with E-state index in [4.69, 9.17) is 5.26 Å². The summed E-state index contributed by atoms with van der Waals surface area (Å²) >= 11 is 0. The Labute approximate surface area is 186 Å². The molecule has 0 aromatic heterocycles. The molecule has 0 saturated carbocycles. The van der Waals surface area contributed by atoms with E-state index in [0.717, 1.165) is 18.7 Å². The average molecular weight is 426 g/mol. The molecule has 0 radical (unpaired) electrons. The van der Waals surface area contributed by atoms with Crippen LogP contribution in [0.25, 0.3) is 0 Å². The molecule has 0 aliphatic carbocycles. The molecule has 1 fully saturated rings. The van der Waals surface area contributed by atoms with E-state index in [1.54, 1.807) is 48.5 Å². The molecule has 3 aromatic rings. The normalized spacial score (nSPS) is 13.8. The molecule has 4 rings (SSSR count). The number of rotatable bonds is 5. The third kappa shape index (κ3) is 4.44. The maximum absolute atomic E-state index is 12.7. The minimum absolute atomic E-state index is 0.0568. The molecule has 1 heterocycles. The number of carbonyl (C=O) groups is 1. The molecule has 160 valence electrons. The number of ketones is 1. The minimum atomic E-state index is -0.416. The van der Waals surface area contributed by atoms with Crippen LogP contribution in [-0.2, 0) is 0 Å². The molecule has 1 saturated heterocycles. The largest absolute Gasteiger partial charge is 0.370 e. The van der Waals surface area contributed by atoms with E-state index in [0.29, 0.717) is 42.0 Å². The van der Waals surface area contributed by atoms with Gasteiger partial charge in [-0.25, -0.2) is 0 Å². The Bertz CT molecular complexity index is 1170. The zero-order chi connectivity index (χ0) is 22.5. The predicted octanol–water partition coefficient (Wildman–Crippen LogP) is 4.41. The summed E-state index contributed by atoms with van der Waals surface area (Å²) in [6.07, 6.45) is 0.835. The van der Waals surface area contributed by atoms with Gasteiger partial charge < -0.3 is 9.80 Å². The van der Waals surface area contributed by atoms with Gasteiger partial charge in [0.15, 0.2) is 5.78 Å². The summed E-state index contributed by atoms with van der Waals surface area (Å²) in [6.45, 7) is 2.82. The second-order valence-electron chi connectivity index (χ2n) is 7.64. The molecule has 7 nitrogen and oxygen atoms in total. The van der Waals surface area contributed by atoms with Gasteiger partial charge in [-0.3, -0.25) is 14.9 Å². The number of anilines is 2. The van der Waals surface area contributed by atoms with Crippen LogP contribution in [0.2, 0.25) is 0 Å². The van der Waals surface area contributed by atoms with Crippen LogP contribution in [0.3, 0.4) is 0 Å². The molecular formula is C25H22N4O3. The van der Waals surface area contributed by atoms with Crippen LogP contribution in [0.1, 0.15) is 27.9 Å². The van der Waals surface area contributed by atoms with Gasteiger partial charge in [0.25, 0.3) is 5.69 Å². The number of nitro groups is 1. The molecule has 0 N–H and O–H groups in total. The van der Waals surface area contributed by atoms with Gasteiger partial charge in [-0.1, -0.05) is 30.3 Å². The lowest BCUT2D eigenvalue weighted by Gasteiger charge is -2.25. The quantitative estimate of drug-likeness (QED) is 0.341. The molecule has 0 unspecified atom stereocenters. The van der Waals surface area contributed by atoms with Crippen molar-refractivity contribution >= 4 is 22.8 Å². The highest BCUT2D eigenvalue weighted by atomic mass is 16.6. The molecule has 7 heteroatoms. The molecular weight excluding hydrogens is 404 g/mol. The van der Waals surface area contributed by atoms with Crippen LogP contribution in [0.15, 0.2) is 72.8 Å². The number of hydrogen-bond donors (Lipinski definition) is 0. The lowest BCUT2D eigenvalue weighted by molar-refractivity contribution is -0.384. The lowest BCUT2D eigenvalue weighted by Crippen LogP contribution is -2.31. The van der Waals surface area contributed by atoms with Crippen molar-refractivity contribution in [1.82, 2.24) is 0 Å². The standard InChI is InChI=1S/C25H22N4O3/c26-18-19-7-10-22(11-8-19)27-13-4-14-28(16-15-27)23-12-9-21(17-24(23)29(31)32)25(30)20-5-2-1-3-6-20/h1-3,5-12,17H,4,13-16H2. The van der Waals surface area contributed by atoms with E-state index in [-0.39, 0.29) is 11.5 Å². The average Bonchev–Trinajstić information content (AvgIpc) is 3.10. The van der Waals surface area contributed by atoms with Gasteiger partial charge in [-0.05, 0) is 42.8 Å². The summed E-state index contributed by atoms with van der Waals surface area (Å²) in [5.74, 6) is -0.233. The third-order valence-corrected chi connectivity index (χ3v) is 5.67. The molecule has 1 aliphatic rings. The zero-order valence-electron chi connectivity index (χ0n) is 17.5. The number of carbonyl (C=O) groups excluding carboxylic acids is 1. The fraction of sp³-hybridized carbons (Fsp3) is 0.200. The maximum Gasteiger partial charge on any atom is 0.293 e. The van der Waals surface area contributed by atoms with Gasteiger partial charge >= 0.3 is 0 Å². The van der Waals surface area contributed by atoms with Crippen molar-refractivity contribution in [2.75, 3.05) is 36.0 Å². The van der Waals surface area contributed by atoms with Crippen molar-refractivity contribution in [3.05, 3.63) is 99.6 Å². The van der Waals surface area contributed by atoms with Crippen LogP contribution < -0.4 is 9.80 Å². The fourth-order valence-electron chi connectivity index (χ4n) is 4.00. The summed E-state index contributed by atoms with van der Waals surface area (Å²) in [5.41, 5.74) is 2.93. The summed E-state index contributed by atoms with van der Waals surface area (Å²) < 4.78 is 0. The van der Waals surface area contributed by atoms with Gasteiger partial charge in [0.05, 0.1) is 16.6 Å². The molecule has 0 atom stereocenters. The van der Waals surface area contributed by atoms with Crippen molar-refractivity contribution < 1.29 is 9.72 Å². The fourth-order valence-corrected chi connectivity index (χ4v) is 4.00. The maximum atomic E-state index is 12.7. The molecule has 1 aliphatic heterocycles. The summed E-state index contributed by atoms with van der Waals surface area (Å²) in [5, 5.41) is 20.8. The Morgan fingerprint density at radius 1 is 0.875 bits per heavy atom. The van der Waals surface area contributed by atoms with Gasteiger partial charge in [0, 0.05) is 49.1 Å². The van der Waals surface area contributed by atoms with Crippen molar-refractivity contribution in [1.29, 1.82) is 5.26 Å². The number of benzene rings is 3. The Balaban J connectivity index is 1.55. The Morgan fingerprint density at radius 3 is 2.25 bits per heavy atom. The Kier molecular flexibility index (Phi) is 6.13. The zero-order valence-corrected chi connectivity index (χ0v) is 17.5. The first-order valence-corrected chi connectivity index (χ1v) is 10.4. The Morgan fingerprint density at radius 2 is 1.56 bits per heavy atom. The van der Waals surface area contributed by atoms with Crippen LogP contribution in [0.4, 0.5) is 17.1 Å². The van der Waals surface area contributed by atoms with Crippen molar-refractivity contribution in [3.8, 4) is 6.07 Å². The SMILES string of the molecule is N#Cc1ccc(N2CCCN(c3ccc(C(=O)c4ccccc4)cc3[N+](=O)[O-])CC2)cc1. The number of nitrogens with zero attached hydrogens (tertiary/aromatic N) is 4. The highest BCUT2D eigenvalue weighted by Gasteiger charge is 2.24. The van der Waals surface area contributed by atoms with E-state index >= 15 is 0 Å². The van der Waals surface area contributed by atoms with E-state index < -0.39 is 4.92 Å². The highest BCUT2D eigenvalue weighted by Crippen LogP contribution is 2.31. The lowest BCUT2D eigenvalue weighted by atomic mass is 10.0. The summed E-state index contributed by atoms with van der Waals surface area (Å²) in [4.78, 5) is 28.4. The number of nitriles is 1. The smallest absolute Gasteiger partial charge is 0.293 e. The first-order chi connectivity index (χ1) is 15.6. The number of hydrogen-bond acceptors (Lipinski definition) is 6. The highest BCUT2D eigenvalue weighted by molar-refractivity contribution is 6.09. The minimum Gasteiger partial charge on any atom is -0.370 e. The number of nitro benzene ring substituents is 1. The molecule has 0 spiro atoms. The summed E-state index contributed by atoms with van der Waals surface area (Å²) in [6, 6.07) is 23.1. The molecule has 0 amide bonds. The van der Waals surface area contributed by atoms with Gasteiger partial charge in [-0.15, -0.1) is 0 Å². The van der Waals surface area contributed by atoms with Crippen LogP contribution >= 0.6 is 0 Å². The first-order valence-electron chi connectivity index (χ1n) is 10.4. The van der Waals surface area contributed by atoms with Gasteiger partial charge in [-0.2, -0.15) is 5.26 Å². The molecule has 3 aromatic carbocycles. The second-order valence-corrected chi connectivity index (χ2v) is 7.64. The van der Waals surface area contributed by atoms with Crippen molar-refractivity contribution in [3.63, 3.8) is 0 Å². The van der Waals surface area contributed by atoms with E-state index in [2.05, 4.69) is 11.0 Å². The van der Waals surface area contributed by atoms with Crippen molar-refractivity contribution in [2.45, 2.75) is 6.42 Å². The van der Waals surface area contributed by atoms with Crippen molar-refractivity contribution in [2.24, 2.45) is 0 Å². The van der Waals surface area contributed by atoms with Gasteiger partial charge in [0.1, 0.15) is 5.69 Å².